The Balaban J connectivity index is 1.52. The minimum Gasteiger partial charge on any atom is -0.490 e. The van der Waals surface area contributed by atoms with Crippen molar-refractivity contribution in [2.45, 2.75) is 50.2 Å². The number of hydrogen-bond donors (Lipinski definition) is 2. The summed E-state index contributed by atoms with van der Waals surface area (Å²) in [5, 5.41) is 2.76. The topological polar surface area (TPSA) is 84.5 Å². The van der Waals surface area contributed by atoms with Gasteiger partial charge in [0.1, 0.15) is 5.75 Å². The van der Waals surface area contributed by atoms with Crippen LogP contribution in [-0.2, 0) is 21.9 Å². The fourth-order valence-electron chi connectivity index (χ4n) is 4.85. The number of benzene rings is 2. The number of fused-ring (bicyclic) bond motifs is 3. The van der Waals surface area contributed by atoms with E-state index < -0.39 is 21.2 Å². The van der Waals surface area contributed by atoms with Gasteiger partial charge in [-0.15, -0.1) is 6.58 Å². The average molecular weight is 469 g/mol. The fraction of sp³-hybridized carbons (Fsp3) is 0.423. The highest BCUT2D eigenvalue weighted by molar-refractivity contribution is 7.90. The van der Waals surface area contributed by atoms with Crippen LogP contribution in [0, 0.1) is 5.92 Å². The van der Waals surface area contributed by atoms with Crippen molar-refractivity contribution in [3.05, 3.63) is 71.8 Å². The Bertz CT molecular complexity index is 1160. The fourth-order valence-corrected chi connectivity index (χ4v) is 6.13. The quantitative estimate of drug-likeness (QED) is 0.613. The van der Waals surface area contributed by atoms with Gasteiger partial charge in [-0.05, 0) is 67.9 Å². The summed E-state index contributed by atoms with van der Waals surface area (Å²) in [4.78, 5) is 12.8. The molecule has 3 atom stereocenters. The molecule has 2 aliphatic rings. The van der Waals surface area contributed by atoms with Gasteiger partial charge >= 0.3 is 0 Å². The van der Waals surface area contributed by atoms with Crippen LogP contribution in [0.15, 0.2) is 55.1 Å². The van der Waals surface area contributed by atoms with Crippen LogP contribution < -0.4 is 14.8 Å². The van der Waals surface area contributed by atoms with E-state index in [1.165, 1.54) is 11.1 Å². The molecule has 1 aliphatic carbocycles. The van der Waals surface area contributed by atoms with Crippen LogP contribution in [0.4, 0.5) is 5.69 Å². The minimum absolute atomic E-state index is 0.129. The number of rotatable bonds is 6. The number of carbonyl (C=O) groups excluding carboxylic acids is 1. The van der Waals surface area contributed by atoms with Gasteiger partial charge in [-0.2, -0.15) is 0 Å². The molecule has 1 spiro atoms. The number of carbonyl (C=O) groups is 1. The summed E-state index contributed by atoms with van der Waals surface area (Å²) < 4.78 is 33.8. The molecule has 0 fully saturated rings. The maximum atomic E-state index is 12.8. The molecule has 0 radical (unpaired) electrons. The second-order valence-electron chi connectivity index (χ2n) is 9.33. The zero-order valence-electron chi connectivity index (χ0n) is 19.3. The van der Waals surface area contributed by atoms with Gasteiger partial charge in [0.25, 0.3) is 5.91 Å². The molecule has 4 rings (SSSR count). The van der Waals surface area contributed by atoms with Gasteiger partial charge in [0.05, 0.1) is 17.5 Å². The predicted molar refractivity (Wildman–Crippen MR) is 131 cm³/mol. The first-order valence-electron chi connectivity index (χ1n) is 11.5. The second-order valence-corrected chi connectivity index (χ2v) is 11.4. The normalized spacial score (nSPS) is 21.4. The van der Waals surface area contributed by atoms with Crippen molar-refractivity contribution < 1.29 is 17.9 Å². The SMILES string of the molecule is C=CC[C@H](C)[C@@H](C)S(=O)(=O)NC(=O)c1ccc2c(c1)NCC1(CCCc3ccccc31)CO2. The van der Waals surface area contributed by atoms with Crippen LogP contribution >= 0.6 is 0 Å². The third kappa shape index (κ3) is 4.64. The van der Waals surface area contributed by atoms with Crippen LogP contribution in [0.5, 0.6) is 5.75 Å². The Morgan fingerprint density at radius 1 is 1.27 bits per heavy atom. The number of amides is 1. The van der Waals surface area contributed by atoms with Crippen LogP contribution in [0.2, 0.25) is 0 Å². The molecule has 176 valence electrons. The van der Waals surface area contributed by atoms with Crippen molar-refractivity contribution in [2.75, 3.05) is 18.5 Å². The molecule has 33 heavy (non-hydrogen) atoms. The smallest absolute Gasteiger partial charge is 0.264 e. The number of allylic oxidation sites excluding steroid dienone is 1. The third-order valence-corrected chi connectivity index (χ3v) is 9.03. The molecule has 1 amide bonds. The molecule has 1 unspecified atom stereocenters. The van der Waals surface area contributed by atoms with E-state index in [0.717, 1.165) is 19.3 Å². The largest absolute Gasteiger partial charge is 0.490 e. The summed E-state index contributed by atoms with van der Waals surface area (Å²) >= 11 is 0. The molecule has 2 aromatic rings. The predicted octanol–water partition coefficient (Wildman–Crippen LogP) is 4.43. The van der Waals surface area contributed by atoms with E-state index in [4.69, 9.17) is 4.74 Å². The summed E-state index contributed by atoms with van der Waals surface area (Å²) in [6.07, 6.45) is 5.45. The number of anilines is 1. The standard InChI is InChI=1S/C26H32N2O4S/c1-4-8-18(2)19(3)33(30,31)28-25(29)21-12-13-24-23(15-21)27-16-26(17-32-24)14-7-10-20-9-5-6-11-22(20)26/h4-6,9,11-13,15,18-19,27H,1,7-8,10,14,16-17H2,2-3H3,(H,28,29)/t18-,19+,26?/m0/s1. The summed E-state index contributed by atoms with van der Waals surface area (Å²) in [6.45, 7) is 8.36. The van der Waals surface area contributed by atoms with Gasteiger partial charge in [-0.3, -0.25) is 4.79 Å². The highest BCUT2D eigenvalue weighted by atomic mass is 32.2. The minimum atomic E-state index is -3.81. The summed E-state index contributed by atoms with van der Waals surface area (Å²) in [5.41, 5.74) is 3.54. The van der Waals surface area contributed by atoms with Gasteiger partial charge in [-0.1, -0.05) is 37.3 Å². The lowest BCUT2D eigenvalue weighted by molar-refractivity contribution is 0.0981. The van der Waals surface area contributed by atoms with E-state index in [1.807, 2.05) is 6.92 Å². The van der Waals surface area contributed by atoms with Gasteiger partial charge < -0.3 is 10.1 Å². The first kappa shape index (κ1) is 23.4. The molecule has 1 aliphatic heterocycles. The lowest BCUT2D eigenvalue weighted by Crippen LogP contribution is -2.41. The molecule has 2 N–H and O–H groups in total. The molecular weight excluding hydrogens is 436 g/mol. The molecule has 6 nitrogen and oxygen atoms in total. The Morgan fingerprint density at radius 3 is 2.85 bits per heavy atom. The Labute approximate surface area is 196 Å². The number of ether oxygens (including phenoxy) is 1. The van der Waals surface area contributed by atoms with Gasteiger partial charge in [-0.25, -0.2) is 13.1 Å². The van der Waals surface area contributed by atoms with E-state index in [1.54, 1.807) is 31.2 Å². The van der Waals surface area contributed by atoms with Crippen LogP contribution in [0.25, 0.3) is 0 Å². The van der Waals surface area contributed by atoms with Crippen molar-refractivity contribution in [1.82, 2.24) is 4.72 Å². The summed E-state index contributed by atoms with van der Waals surface area (Å²) in [6, 6.07) is 13.5. The monoisotopic (exact) mass is 468 g/mol. The number of nitrogens with one attached hydrogen (secondary N) is 2. The zero-order chi connectivity index (χ0) is 23.6. The molecule has 1 heterocycles. The second kappa shape index (κ2) is 9.21. The van der Waals surface area contributed by atoms with Crippen molar-refractivity contribution in [3.8, 4) is 5.75 Å². The molecular formula is C26H32N2O4S. The molecule has 0 saturated heterocycles. The number of sulfonamides is 1. The van der Waals surface area contributed by atoms with E-state index in [2.05, 4.69) is 40.9 Å². The molecule has 0 saturated carbocycles. The lowest BCUT2D eigenvalue weighted by atomic mass is 9.70. The van der Waals surface area contributed by atoms with Gasteiger partial charge in [0.15, 0.2) is 0 Å². The number of aryl methyl sites for hydroxylation is 1. The van der Waals surface area contributed by atoms with Gasteiger partial charge in [0, 0.05) is 17.5 Å². The van der Waals surface area contributed by atoms with E-state index >= 15 is 0 Å². The highest BCUT2D eigenvalue weighted by Crippen LogP contribution is 2.41. The van der Waals surface area contributed by atoms with Crippen LogP contribution in [0.1, 0.15) is 54.6 Å². The first-order valence-corrected chi connectivity index (χ1v) is 13.1. The Kier molecular flexibility index (Phi) is 6.52. The van der Waals surface area contributed by atoms with Gasteiger partial charge in [0.2, 0.25) is 10.0 Å². The molecule has 2 aromatic carbocycles. The van der Waals surface area contributed by atoms with E-state index in [9.17, 15) is 13.2 Å². The van der Waals surface area contributed by atoms with Crippen molar-refractivity contribution in [2.24, 2.45) is 5.92 Å². The summed E-state index contributed by atoms with van der Waals surface area (Å²) in [7, 11) is -3.81. The van der Waals surface area contributed by atoms with Crippen LogP contribution in [0.3, 0.4) is 0 Å². The highest BCUT2D eigenvalue weighted by Gasteiger charge is 2.39. The average Bonchev–Trinajstić information content (AvgIpc) is 2.98. The zero-order valence-corrected chi connectivity index (χ0v) is 20.1. The van der Waals surface area contributed by atoms with E-state index in [0.29, 0.717) is 31.0 Å². The van der Waals surface area contributed by atoms with Crippen LogP contribution in [-0.4, -0.2) is 32.7 Å². The third-order valence-electron chi connectivity index (χ3n) is 7.12. The lowest BCUT2D eigenvalue weighted by Gasteiger charge is -2.37. The maximum absolute atomic E-state index is 12.8. The maximum Gasteiger partial charge on any atom is 0.264 e. The van der Waals surface area contributed by atoms with E-state index in [-0.39, 0.29) is 16.9 Å². The summed E-state index contributed by atoms with van der Waals surface area (Å²) in [5.74, 6) is -0.119. The van der Waals surface area contributed by atoms with Crippen molar-refractivity contribution in [1.29, 1.82) is 0 Å². The first-order chi connectivity index (χ1) is 15.8. The molecule has 0 aromatic heterocycles. The molecule has 7 heteroatoms. The van der Waals surface area contributed by atoms with Crippen molar-refractivity contribution >= 4 is 21.6 Å². The van der Waals surface area contributed by atoms with Crippen molar-refractivity contribution in [3.63, 3.8) is 0 Å². The Hall–Kier alpha value is -2.80. The number of hydrogen-bond acceptors (Lipinski definition) is 5. The Morgan fingerprint density at radius 2 is 2.06 bits per heavy atom. The molecule has 0 bridgehead atoms.